The Morgan fingerprint density at radius 1 is 0.279 bits per heavy atom. The van der Waals surface area contributed by atoms with E-state index >= 15 is 0 Å². The summed E-state index contributed by atoms with van der Waals surface area (Å²) in [6.45, 7) is 4.69. The number of hydrogen-bond donors (Lipinski definition) is 3. The first-order valence-electron chi connectivity index (χ1n) is 41.1. The second-order valence-corrected chi connectivity index (χ2v) is 30.2. The fourth-order valence-electron chi connectivity index (χ4n) is 11.0. The molecule has 17 nitrogen and oxygen atoms in total. The van der Waals surface area contributed by atoms with E-state index < -0.39 is 97.5 Å². The minimum absolute atomic E-state index is 0.0754. The molecule has 0 aliphatic heterocycles. The Hall–Kier alpha value is -4.28. The zero-order chi connectivity index (χ0) is 76.0. The maximum absolute atomic E-state index is 13.1. The van der Waals surface area contributed by atoms with Gasteiger partial charge in [-0.2, -0.15) is 0 Å². The van der Waals surface area contributed by atoms with E-state index in [-0.39, 0.29) is 25.7 Å². The summed E-state index contributed by atoms with van der Waals surface area (Å²) in [5, 5.41) is 10.7. The van der Waals surface area contributed by atoms with E-state index in [0.29, 0.717) is 25.7 Å². The molecular formula is C85H148O17P2. The summed E-state index contributed by atoms with van der Waals surface area (Å²) in [6.07, 6.45) is 83.4. The lowest BCUT2D eigenvalue weighted by atomic mass is 10.0. The van der Waals surface area contributed by atoms with E-state index in [2.05, 4.69) is 137 Å². The van der Waals surface area contributed by atoms with Crippen LogP contribution in [0.2, 0.25) is 0 Å². The van der Waals surface area contributed by atoms with Crippen LogP contribution in [-0.4, -0.2) is 96.7 Å². The van der Waals surface area contributed by atoms with E-state index in [1.54, 1.807) is 0 Å². The molecule has 5 unspecified atom stereocenters. The molecule has 600 valence electrons. The molecule has 0 aromatic carbocycles. The molecule has 0 rings (SSSR count). The number of esters is 4. The van der Waals surface area contributed by atoms with Crippen molar-refractivity contribution in [1.82, 2.24) is 0 Å². The van der Waals surface area contributed by atoms with Crippen molar-refractivity contribution >= 4 is 39.5 Å². The van der Waals surface area contributed by atoms with Gasteiger partial charge in [-0.15, -0.1) is 0 Å². The van der Waals surface area contributed by atoms with Gasteiger partial charge >= 0.3 is 39.5 Å². The fraction of sp³-hybridized carbons (Fsp3) is 0.741. The summed E-state index contributed by atoms with van der Waals surface area (Å²) < 4.78 is 68.7. The average Bonchev–Trinajstić information content (AvgIpc) is 0.918. The van der Waals surface area contributed by atoms with Crippen LogP contribution < -0.4 is 0 Å². The fourth-order valence-corrected chi connectivity index (χ4v) is 12.5. The van der Waals surface area contributed by atoms with Gasteiger partial charge in [0.2, 0.25) is 0 Å². The largest absolute Gasteiger partial charge is 0.472 e. The van der Waals surface area contributed by atoms with Crippen molar-refractivity contribution in [2.75, 3.05) is 39.6 Å². The zero-order valence-corrected chi connectivity index (χ0v) is 67.5. The van der Waals surface area contributed by atoms with Gasteiger partial charge in [0, 0.05) is 25.7 Å². The van der Waals surface area contributed by atoms with E-state index in [0.717, 1.165) is 167 Å². The minimum atomic E-state index is -4.99. The highest BCUT2D eigenvalue weighted by Crippen LogP contribution is 2.45. The maximum atomic E-state index is 13.1. The number of carbonyl (C=O) groups excluding carboxylic acids is 4. The summed E-state index contributed by atoms with van der Waals surface area (Å²) in [4.78, 5) is 73.1. The molecule has 0 saturated heterocycles. The normalized spacial score (nSPS) is 14.4. The molecule has 0 saturated carbocycles. The number of allylic oxidation sites excluding steroid dienone is 18. The topological polar surface area (TPSA) is 237 Å². The first-order valence-corrected chi connectivity index (χ1v) is 44.1. The lowest BCUT2D eigenvalue weighted by Crippen LogP contribution is -2.30. The lowest BCUT2D eigenvalue weighted by molar-refractivity contribution is -0.161. The second-order valence-electron chi connectivity index (χ2n) is 27.3. The molecule has 0 aliphatic carbocycles. The van der Waals surface area contributed by atoms with Crippen LogP contribution >= 0.6 is 15.6 Å². The first kappa shape index (κ1) is 99.7. The predicted octanol–water partition coefficient (Wildman–Crippen LogP) is 24.1. The maximum Gasteiger partial charge on any atom is 0.472 e. The standard InChI is InChI=1S/C85H148O17P2/c1-5-9-13-17-21-25-29-33-37-38-39-40-44-46-50-54-58-62-66-70-83(88)96-76-81(102-85(90)72-68-64-60-56-52-48-43-36-32-28-24-20-16-12-8-4)78-100-104(93,94)98-74-79(86)73-97-103(91,92)99-77-80(101-84(89)71-67-63-59-55-51-47-42-35-31-27-23-19-15-11-7-3)75-95-82(87)69-65-61-57-53-49-45-41-34-30-26-22-18-14-10-6-2/h9,13,21-23,25-27,33-35,37,39-42,46,50,79-81,86H,5-8,10-12,14-20,24,28-32,36,38,43-45,47-49,51-78H2,1-4H3,(H,91,92)(H,93,94)/b13-9-,25-21-,26-22-,27-23-,37-33-,40-39-,41-34-,42-35-,50-46-. The Bertz CT molecular complexity index is 2390. The lowest BCUT2D eigenvalue weighted by Gasteiger charge is -2.21. The summed E-state index contributed by atoms with van der Waals surface area (Å²) in [6, 6.07) is 0. The van der Waals surface area contributed by atoms with Crippen molar-refractivity contribution in [2.45, 2.75) is 367 Å². The number of rotatable bonds is 77. The van der Waals surface area contributed by atoms with E-state index in [1.807, 2.05) is 0 Å². The van der Waals surface area contributed by atoms with Gasteiger partial charge in [-0.3, -0.25) is 37.3 Å². The Morgan fingerprint density at radius 3 is 0.798 bits per heavy atom. The number of aliphatic hydroxyl groups is 1. The Balaban J connectivity index is 5.40. The quantitative estimate of drug-likeness (QED) is 0.0169. The SMILES string of the molecule is CC/C=C\C/C=C\C/C=C\C/C=C\C/C=C\CCCCCC(=O)OCC(COP(=O)(O)OCC(O)COP(=O)(O)OCC(COC(=O)CCCCCCC/C=C\C/C=C\CCCCC)OC(=O)CCCCCCC/C=C\C/C=C\CCCCC)OC(=O)CCCCCCCCCCCCCCCCC. The smallest absolute Gasteiger partial charge is 0.462 e. The number of phosphoric acid groups is 2. The number of aliphatic hydroxyl groups excluding tert-OH is 1. The van der Waals surface area contributed by atoms with Crippen LogP contribution in [0, 0.1) is 0 Å². The molecule has 0 amide bonds. The van der Waals surface area contributed by atoms with Gasteiger partial charge in [0.25, 0.3) is 0 Å². The third-order valence-electron chi connectivity index (χ3n) is 17.2. The molecule has 0 fully saturated rings. The van der Waals surface area contributed by atoms with Gasteiger partial charge in [0.15, 0.2) is 12.2 Å². The molecule has 0 heterocycles. The van der Waals surface area contributed by atoms with Crippen molar-refractivity contribution < 1.29 is 80.2 Å². The van der Waals surface area contributed by atoms with Crippen LogP contribution in [0.4, 0.5) is 0 Å². The third-order valence-corrected chi connectivity index (χ3v) is 19.1. The summed E-state index contributed by atoms with van der Waals surface area (Å²) >= 11 is 0. The molecule has 0 spiro atoms. The van der Waals surface area contributed by atoms with Gasteiger partial charge in [0.1, 0.15) is 19.3 Å². The second kappa shape index (κ2) is 76.9. The highest BCUT2D eigenvalue weighted by Gasteiger charge is 2.30. The van der Waals surface area contributed by atoms with Crippen LogP contribution in [-0.2, 0) is 65.4 Å². The number of phosphoric ester groups is 2. The third kappa shape index (κ3) is 75.9. The zero-order valence-electron chi connectivity index (χ0n) is 65.7. The van der Waals surface area contributed by atoms with Crippen LogP contribution in [0.3, 0.4) is 0 Å². The molecule has 0 radical (unpaired) electrons. The average molecular weight is 1500 g/mol. The highest BCUT2D eigenvalue weighted by molar-refractivity contribution is 7.47. The number of hydrogen-bond acceptors (Lipinski definition) is 15. The Labute approximate surface area is 632 Å². The van der Waals surface area contributed by atoms with Gasteiger partial charge in [-0.1, -0.05) is 298 Å². The van der Waals surface area contributed by atoms with Gasteiger partial charge in [-0.05, 0) is 135 Å². The minimum Gasteiger partial charge on any atom is -0.462 e. The van der Waals surface area contributed by atoms with Gasteiger partial charge < -0.3 is 33.8 Å². The summed E-state index contributed by atoms with van der Waals surface area (Å²) in [5.74, 6) is -2.22. The molecule has 19 heteroatoms. The molecular weight excluding hydrogens is 1350 g/mol. The van der Waals surface area contributed by atoms with Gasteiger partial charge in [0.05, 0.1) is 26.4 Å². The number of ether oxygens (including phenoxy) is 4. The molecule has 5 atom stereocenters. The van der Waals surface area contributed by atoms with Crippen LogP contribution in [0.1, 0.15) is 349 Å². The van der Waals surface area contributed by atoms with E-state index in [9.17, 15) is 43.2 Å². The van der Waals surface area contributed by atoms with Crippen LogP contribution in [0.25, 0.3) is 0 Å². The molecule has 0 bridgehead atoms. The Kier molecular flexibility index (Phi) is 73.7. The molecule has 0 aromatic rings. The van der Waals surface area contributed by atoms with E-state index in [4.69, 9.17) is 37.0 Å². The molecule has 104 heavy (non-hydrogen) atoms. The van der Waals surface area contributed by atoms with Crippen molar-refractivity contribution in [1.29, 1.82) is 0 Å². The first-order chi connectivity index (χ1) is 50.7. The van der Waals surface area contributed by atoms with Gasteiger partial charge in [-0.25, -0.2) is 9.13 Å². The Morgan fingerprint density at radius 2 is 0.500 bits per heavy atom. The van der Waals surface area contributed by atoms with Crippen LogP contribution in [0.5, 0.6) is 0 Å². The summed E-state index contributed by atoms with van der Waals surface area (Å²) in [5.41, 5.74) is 0. The van der Waals surface area contributed by atoms with Crippen molar-refractivity contribution in [3.8, 4) is 0 Å². The molecule has 0 aliphatic rings. The number of unbranched alkanes of at least 4 members (excludes halogenated alkanes) is 33. The van der Waals surface area contributed by atoms with E-state index in [1.165, 1.54) is 103 Å². The van der Waals surface area contributed by atoms with Crippen molar-refractivity contribution in [3.63, 3.8) is 0 Å². The number of carbonyl (C=O) groups is 4. The predicted molar refractivity (Wildman–Crippen MR) is 427 cm³/mol. The van der Waals surface area contributed by atoms with Crippen molar-refractivity contribution in [2.24, 2.45) is 0 Å². The summed E-state index contributed by atoms with van der Waals surface area (Å²) in [7, 11) is -9.97. The highest BCUT2D eigenvalue weighted by atomic mass is 31.2. The van der Waals surface area contributed by atoms with Crippen molar-refractivity contribution in [3.05, 3.63) is 109 Å². The molecule has 0 aromatic heterocycles. The molecule has 3 N–H and O–H groups in total. The van der Waals surface area contributed by atoms with Crippen LogP contribution in [0.15, 0.2) is 109 Å². The monoisotopic (exact) mass is 1500 g/mol.